The van der Waals surface area contributed by atoms with Crippen molar-refractivity contribution in [1.82, 2.24) is 21.3 Å². The molecule has 19 nitrogen and oxygen atoms in total. The van der Waals surface area contributed by atoms with Gasteiger partial charge in [0, 0.05) is 32.1 Å². The standard InChI is InChI=1S/C58H104N4O15/c1-54(2,3)73-49(68)33-29-27-25-23-21-19-17-16-18-20-22-24-26-28-32-45(63)60-42(51(70)75-56(7,8)9)31-30-40-59-41(50(69)74-55(4,5)6)34-37-46(64)61-43(52(71)76-57(10,11)12)35-38-47(65)62-44(36-39-48(66)67)53(72)77-58(13,14)15/h41-44,59H,16-40H2,1-15H3,(H,60,63)(H,61,64)(H,62,65)(H,66,67)/t41-,42-,43-,44-/m0/s1. The maximum atomic E-state index is 13.5. The van der Waals surface area contributed by atoms with Crippen LogP contribution in [0.3, 0.4) is 0 Å². The van der Waals surface area contributed by atoms with Crippen molar-refractivity contribution in [1.29, 1.82) is 0 Å². The first kappa shape index (κ1) is 72.2. The van der Waals surface area contributed by atoms with Gasteiger partial charge in [-0.15, -0.1) is 0 Å². The summed E-state index contributed by atoms with van der Waals surface area (Å²) < 4.78 is 27.6. The third kappa shape index (κ3) is 42.8. The number of nitrogens with one attached hydrogen (secondary N) is 4. The third-order valence-corrected chi connectivity index (χ3v) is 11.3. The van der Waals surface area contributed by atoms with Crippen molar-refractivity contribution in [2.24, 2.45) is 0 Å². The average Bonchev–Trinajstić information content (AvgIpc) is 3.25. The number of hydrogen-bond acceptors (Lipinski definition) is 15. The van der Waals surface area contributed by atoms with Crippen LogP contribution in [0.2, 0.25) is 0 Å². The minimum atomic E-state index is -1.30. The number of carbonyl (C=O) groups is 9. The number of ether oxygens (including phenoxy) is 5. The fraction of sp³-hybridized carbons (Fsp3) is 0.845. The molecule has 0 bridgehead atoms. The van der Waals surface area contributed by atoms with Gasteiger partial charge in [0.05, 0.1) is 0 Å². The van der Waals surface area contributed by atoms with Gasteiger partial charge in [-0.25, -0.2) is 14.4 Å². The summed E-state index contributed by atoms with van der Waals surface area (Å²) in [7, 11) is 0. The molecule has 0 saturated heterocycles. The van der Waals surface area contributed by atoms with Gasteiger partial charge in [-0.05, 0) is 155 Å². The van der Waals surface area contributed by atoms with Crippen molar-refractivity contribution >= 4 is 53.5 Å². The summed E-state index contributed by atoms with van der Waals surface area (Å²) in [6, 6.07) is -4.49. The van der Waals surface area contributed by atoms with Crippen LogP contribution in [0.15, 0.2) is 0 Å². The Hall–Kier alpha value is -4.81. The quantitative estimate of drug-likeness (QED) is 0.0219. The number of esters is 5. The maximum absolute atomic E-state index is 13.5. The van der Waals surface area contributed by atoms with Crippen LogP contribution in [-0.4, -0.2) is 117 Å². The monoisotopic (exact) mass is 1100 g/mol. The van der Waals surface area contributed by atoms with Crippen LogP contribution in [0.1, 0.15) is 258 Å². The van der Waals surface area contributed by atoms with E-state index in [1.54, 1.807) is 83.1 Å². The average molecular weight is 1100 g/mol. The number of carboxylic acid groups (broad SMARTS) is 1. The molecule has 0 fully saturated rings. The van der Waals surface area contributed by atoms with Gasteiger partial charge in [0.25, 0.3) is 0 Å². The van der Waals surface area contributed by atoms with Crippen LogP contribution < -0.4 is 21.3 Å². The summed E-state index contributed by atoms with van der Waals surface area (Å²) >= 11 is 0. The number of carbonyl (C=O) groups excluding carboxylic acids is 8. The van der Waals surface area contributed by atoms with E-state index in [0.29, 0.717) is 19.3 Å². The molecule has 0 unspecified atom stereocenters. The van der Waals surface area contributed by atoms with Gasteiger partial charge in [-0.3, -0.25) is 28.8 Å². The number of rotatable bonds is 38. The fourth-order valence-corrected chi connectivity index (χ4v) is 7.81. The van der Waals surface area contributed by atoms with E-state index >= 15 is 0 Å². The molecule has 0 aromatic heterocycles. The molecule has 19 heteroatoms. The maximum Gasteiger partial charge on any atom is 0.329 e. The number of aliphatic carboxylic acids is 1. The highest BCUT2D eigenvalue weighted by atomic mass is 16.6. The Morgan fingerprint density at radius 2 is 0.597 bits per heavy atom. The van der Waals surface area contributed by atoms with Crippen molar-refractivity contribution in [2.75, 3.05) is 6.54 Å². The second-order valence-corrected chi connectivity index (χ2v) is 25.2. The minimum Gasteiger partial charge on any atom is -0.481 e. The number of carboxylic acids is 1. The molecule has 0 aromatic carbocycles. The molecule has 0 radical (unpaired) electrons. The van der Waals surface area contributed by atoms with Crippen molar-refractivity contribution in [3.05, 3.63) is 0 Å². The van der Waals surface area contributed by atoms with Crippen LogP contribution in [0.5, 0.6) is 0 Å². The number of hydrogen-bond donors (Lipinski definition) is 5. The second kappa shape index (κ2) is 36.4. The van der Waals surface area contributed by atoms with E-state index < -0.39 is 100 Å². The van der Waals surface area contributed by atoms with Crippen molar-refractivity contribution in [3.63, 3.8) is 0 Å². The normalized spacial score (nSPS) is 13.8. The lowest BCUT2D eigenvalue weighted by Gasteiger charge is -2.26. The van der Waals surface area contributed by atoms with Gasteiger partial charge in [-0.1, -0.05) is 77.0 Å². The largest absolute Gasteiger partial charge is 0.481 e. The molecule has 5 N–H and O–H groups in total. The lowest BCUT2D eigenvalue weighted by Crippen LogP contribution is -2.47. The summed E-state index contributed by atoms with van der Waals surface area (Å²) in [4.78, 5) is 116. The zero-order valence-electron chi connectivity index (χ0n) is 50.1. The summed E-state index contributed by atoms with van der Waals surface area (Å²) in [5.41, 5.74) is -3.94. The number of amides is 3. The molecule has 0 aliphatic heterocycles. The SMILES string of the molecule is CC(C)(C)OC(=O)CCCCCCCCCCCCCCCCC(=O)N[C@@H](CCCN[C@@H](CCC(=O)N[C@@H](CCC(=O)N[C@@H](CCC(=O)O)C(=O)OC(C)(C)C)C(=O)OC(C)(C)C)C(=O)OC(C)(C)C)C(=O)OC(C)(C)C. The summed E-state index contributed by atoms with van der Waals surface area (Å²) in [6.07, 6.45) is 15.0. The van der Waals surface area contributed by atoms with Gasteiger partial charge < -0.3 is 50.1 Å². The molecular weight excluding hydrogens is 993 g/mol. The van der Waals surface area contributed by atoms with E-state index in [2.05, 4.69) is 21.3 Å². The van der Waals surface area contributed by atoms with E-state index in [9.17, 15) is 48.3 Å². The Labute approximate surface area is 462 Å². The molecule has 446 valence electrons. The highest BCUT2D eigenvalue weighted by Crippen LogP contribution is 2.19. The van der Waals surface area contributed by atoms with E-state index in [0.717, 1.165) is 44.9 Å². The third-order valence-electron chi connectivity index (χ3n) is 11.3. The van der Waals surface area contributed by atoms with Gasteiger partial charge in [0.15, 0.2) is 0 Å². The Morgan fingerprint density at radius 3 is 0.935 bits per heavy atom. The highest BCUT2D eigenvalue weighted by molar-refractivity contribution is 5.88. The van der Waals surface area contributed by atoms with Gasteiger partial charge in [-0.2, -0.15) is 0 Å². The van der Waals surface area contributed by atoms with Crippen LogP contribution in [0, 0.1) is 0 Å². The van der Waals surface area contributed by atoms with Crippen LogP contribution in [0.25, 0.3) is 0 Å². The van der Waals surface area contributed by atoms with E-state index in [-0.39, 0.29) is 63.4 Å². The zero-order chi connectivity index (χ0) is 59.0. The minimum absolute atomic E-state index is 0.0580. The molecule has 0 spiro atoms. The number of unbranched alkanes of at least 4 members (excludes halogenated alkanes) is 13. The summed E-state index contributed by atoms with van der Waals surface area (Å²) in [5, 5.41) is 20.3. The van der Waals surface area contributed by atoms with Crippen LogP contribution in [0.4, 0.5) is 0 Å². The van der Waals surface area contributed by atoms with Gasteiger partial charge >= 0.3 is 35.8 Å². The molecule has 0 aliphatic rings. The highest BCUT2D eigenvalue weighted by Gasteiger charge is 2.32. The molecule has 0 aromatic rings. The van der Waals surface area contributed by atoms with E-state index in [1.165, 1.54) is 38.5 Å². The lowest BCUT2D eigenvalue weighted by molar-refractivity contribution is -0.160. The first-order valence-electron chi connectivity index (χ1n) is 28.4. The van der Waals surface area contributed by atoms with Crippen molar-refractivity contribution < 1.29 is 71.9 Å². The second-order valence-electron chi connectivity index (χ2n) is 25.2. The fourth-order valence-electron chi connectivity index (χ4n) is 7.81. The molecule has 77 heavy (non-hydrogen) atoms. The van der Waals surface area contributed by atoms with Crippen LogP contribution in [-0.2, 0) is 66.8 Å². The molecule has 0 saturated carbocycles. The van der Waals surface area contributed by atoms with E-state index in [4.69, 9.17) is 23.7 Å². The smallest absolute Gasteiger partial charge is 0.329 e. The molecule has 0 rings (SSSR count). The first-order chi connectivity index (χ1) is 35.4. The van der Waals surface area contributed by atoms with Gasteiger partial charge in [0.1, 0.15) is 52.2 Å². The van der Waals surface area contributed by atoms with Gasteiger partial charge in [0.2, 0.25) is 17.7 Å². The molecule has 0 aliphatic carbocycles. The Bertz CT molecular complexity index is 1820. The van der Waals surface area contributed by atoms with Crippen LogP contribution >= 0.6 is 0 Å². The molecule has 3 amide bonds. The zero-order valence-corrected chi connectivity index (χ0v) is 50.1. The predicted molar refractivity (Wildman–Crippen MR) is 295 cm³/mol. The Kier molecular flexibility index (Phi) is 34.1. The van der Waals surface area contributed by atoms with Crippen molar-refractivity contribution in [3.8, 4) is 0 Å². The molecule has 4 atom stereocenters. The first-order valence-corrected chi connectivity index (χ1v) is 28.4. The Balaban J connectivity index is 5.33. The topological polar surface area (TPSA) is 268 Å². The Morgan fingerprint density at radius 1 is 0.325 bits per heavy atom. The summed E-state index contributed by atoms with van der Waals surface area (Å²) in [6.45, 7) is 26.0. The van der Waals surface area contributed by atoms with Crippen molar-refractivity contribution in [2.45, 2.75) is 310 Å². The predicted octanol–water partition coefficient (Wildman–Crippen LogP) is 9.55. The molecular formula is C58H104N4O15. The lowest BCUT2D eigenvalue weighted by atomic mass is 10.0. The molecule has 0 heterocycles. The summed E-state index contributed by atoms with van der Waals surface area (Å²) in [5.74, 6) is -5.69. The van der Waals surface area contributed by atoms with E-state index in [1.807, 2.05) is 20.8 Å².